The first-order valence-electron chi connectivity index (χ1n) is 4.72. The summed E-state index contributed by atoms with van der Waals surface area (Å²) in [6.07, 6.45) is 3.47. The van der Waals surface area contributed by atoms with Gasteiger partial charge in [0.2, 0.25) is 11.8 Å². The van der Waals surface area contributed by atoms with Crippen LogP contribution in [0.2, 0.25) is 0 Å². The summed E-state index contributed by atoms with van der Waals surface area (Å²) in [5.41, 5.74) is 1.47. The van der Waals surface area contributed by atoms with Crippen molar-refractivity contribution in [2.45, 2.75) is 25.7 Å². The van der Waals surface area contributed by atoms with Crippen LogP contribution in [0, 0.1) is 0 Å². The SMILES string of the molecule is CCn1c(O)c2c(c1O)C1C=CC2O1. The molecular weight excluding hydrogens is 182 g/mol. The summed E-state index contributed by atoms with van der Waals surface area (Å²) in [5, 5.41) is 19.7. The Bertz CT molecular complexity index is 398. The normalized spacial score (nSPS) is 27.2. The molecule has 4 nitrogen and oxygen atoms in total. The van der Waals surface area contributed by atoms with Gasteiger partial charge in [-0.05, 0) is 6.92 Å². The second kappa shape index (κ2) is 2.33. The molecule has 1 aromatic rings. The highest BCUT2D eigenvalue weighted by Gasteiger charge is 2.41. The zero-order valence-electron chi connectivity index (χ0n) is 7.77. The molecule has 0 spiro atoms. The number of nitrogens with zero attached hydrogens (tertiary/aromatic N) is 1. The Labute approximate surface area is 81.0 Å². The van der Waals surface area contributed by atoms with E-state index in [0.29, 0.717) is 6.54 Å². The highest BCUT2D eigenvalue weighted by atomic mass is 16.5. The third-order valence-electron chi connectivity index (χ3n) is 2.92. The van der Waals surface area contributed by atoms with Crippen molar-refractivity contribution in [2.75, 3.05) is 0 Å². The minimum atomic E-state index is -0.173. The lowest BCUT2D eigenvalue weighted by Crippen LogP contribution is -1.96. The van der Waals surface area contributed by atoms with E-state index >= 15 is 0 Å². The number of aromatic hydroxyl groups is 2. The lowest BCUT2D eigenvalue weighted by molar-refractivity contribution is 0.0837. The van der Waals surface area contributed by atoms with Crippen LogP contribution in [0.25, 0.3) is 0 Å². The van der Waals surface area contributed by atoms with Gasteiger partial charge in [-0.2, -0.15) is 0 Å². The van der Waals surface area contributed by atoms with E-state index in [1.54, 1.807) is 0 Å². The van der Waals surface area contributed by atoms with Crippen LogP contribution in [0.15, 0.2) is 12.2 Å². The van der Waals surface area contributed by atoms with Crippen LogP contribution in [0.1, 0.15) is 30.3 Å². The Morgan fingerprint density at radius 1 is 1.21 bits per heavy atom. The molecule has 0 amide bonds. The van der Waals surface area contributed by atoms with Gasteiger partial charge in [-0.25, -0.2) is 0 Å². The Morgan fingerprint density at radius 3 is 2.14 bits per heavy atom. The van der Waals surface area contributed by atoms with E-state index < -0.39 is 0 Å². The zero-order chi connectivity index (χ0) is 9.87. The molecule has 2 unspecified atom stereocenters. The molecular formula is C10H11NO3. The molecule has 2 N–H and O–H groups in total. The summed E-state index contributed by atoms with van der Waals surface area (Å²) in [5.74, 6) is 0.272. The van der Waals surface area contributed by atoms with E-state index in [2.05, 4.69) is 0 Å². The molecule has 0 fully saturated rings. The summed E-state index contributed by atoms with van der Waals surface area (Å²) in [6.45, 7) is 2.44. The maximum atomic E-state index is 9.84. The van der Waals surface area contributed by atoms with Gasteiger partial charge in [0.15, 0.2) is 0 Å². The van der Waals surface area contributed by atoms with E-state index in [1.807, 2.05) is 19.1 Å². The van der Waals surface area contributed by atoms with E-state index in [4.69, 9.17) is 4.74 Å². The molecule has 0 aliphatic carbocycles. The maximum absolute atomic E-state index is 9.84. The van der Waals surface area contributed by atoms with E-state index in [0.717, 1.165) is 11.1 Å². The molecule has 0 saturated carbocycles. The van der Waals surface area contributed by atoms with Crippen LogP contribution in [0.3, 0.4) is 0 Å². The molecule has 4 heteroatoms. The molecule has 0 radical (unpaired) electrons. The quantitative estimate of drug-likeness (QED) is 0.666. The van der Waals surface area contributed by atoms with Gasteiger partial charge in [0.25, 0.3) is 0 Å². The number of hydrogen-bond acceptors (Lipinski definition) is 3. The Morgan fingerprint density at radius 2 is 1.71 bits per heavy atom. The molecule has 3 rings (SSSR count). The molecule has 2 bridgehead atoms. The predicted molar refractivity (Wildman–Crippen MR) is 49.1 cm³/mol. The summed E-state index contributed by atoms with van der Waals surface area (Å²) >= 11 is 0. The predicted octanol–water partition coefficient (Wildman–Crippen LogP) is 1.60. The van der Waals surface area contributed by atoms with Crippen molar-refractivity contribution in [1.29, 1.82) is 0 Å². The number of aromatic nitrogens is 1. The van der Waals surface area contributed by atoms with Crippen molar-refractivity contribution in [3.8, 4) is 11.8 Å². The molecule has 74 valence electrons. The smallest absolute Gasteiger partial charge is 0.200 e. The van der Waals surface area contributed by atoms with Crippen molar-refractivity contribution < 1.29 is 14.9 Å². The highest BCUT2D eigenvalue weighted by molar-refractivity contribution is 5.55. The van der Waals surface area contributed by atoms with Gasteiger partial charge in [-0.15, -0.1) is 0 Å². The van der Waals surface area contributed by atoms with Crippen molar-refractivity contribution in [2.24, 2.45) is 0 Å². The molecule has 2 aliphatic heterocycles. The van der Waals surface area contributed by atoms with Crippen LogP contribution in [-0.4, -0.2) is 14.8 Å². The fourth-order valence-electron chi connectivity index (χ4n) is 2.27. The van der Waals surface area contributed by atoms with Crippen LogP contribution >= 0.6 is 0 Å². The monoisotopic (exact) mass is 193 g/mol. The zero-order valence-corrected chi connectivity index (χ0v) is 7.77. The van der Waals surface area contributed by atoms with Crippen molar-refractivity contribution in [1.82, 2.24) is 4.57 Å². The Balaban J connectivity index is 2.27. The topological polar surface area (TPSA) is 54.6 Å². The average Bonchev–Trinajstić information content (AvgIpc) is 2.80. The van der Waals surface area contributed by atoms with E-state index in [1.165, 1.54) is 4.57 Å². The van der Waals surface area contributed by atoms with Gasteiger partial charge in [-0.3, -0.25) is 4.57 Å². The van der Waals surface area contributed by atoms with Crippen LogP contribution < -0.4 is 0 Å². The summed E-state index contributed by atoms with van der Waals surface area (Å²) in [4.78, 5) is 0. The largest absolute Gasteiger partial charge is 0.494 e. The molecule has 2 aliphatic rings. The minimum absolute atomic E-state index is 0.136. The van der Waals surface area contributed by atoms with Crippen LogP contribution in [-0.2, 0) is 11.3 Å². The molecule has 1 aromatic heterocycles. The summed E-state index contributed by atoms with van der Waals surface area (Å²) < 4.78 is 7.00. The Hall–Kier alpha value is -1.42. The van der Waals surface area contributed by atoms with Gasteiger partial charge >= 0.3 is 0 Å². The molecule has 0 aromatic carbocycles. The minimum Gasteiger partial charge on any atom is -0.494 e. The van der Waals surface area contributed by atoms with E-state index in [-0.39, 0.29) is 24.0 Å². The lowest BCUT2D eigenvalue weighted by atomic mass is 10.0. The standard InChI is InChI=1S/C10H11NO3/c1-2-11-9(12)7-5-3-4-6(14-5)8(7)10(11)13/h3-6,12-13H,2H2,1H3. The molecule has 3 heterocycles. The van der Waals surface area contributed by atoms with Gasteiger partial charge in [0, 0.05) is 6.54 Å². The third kappa shape index (κ3) is 0.688. The second-order valence-corrected chi connectivity index (χ2v) is 3.58. The fraction of sp³-hybridized carbons (Fsp3) is 0.400. The van der Waals surface area contributed by atoms with Crippen molar-refractivity contribution in [3.63, 3.8) is 0 Å². The van der Waals surface area contributed by atoms with Crippen LogP contribution in [0.5, 0.6) is 11.8 Å². The Kier molecular flexibility index (Phi) is 1.32. The summed E-state index contributed by atoms with van der Waals surface area (Å²) in [7, 11) is 0. The van der Waals surface area contributed by atoms with Gasteiger partial charge in [-0.1, -0.05) is 12.2 Å². The molecule has 14 heavy (non-hydrogen) atoms. The van der Waals surface area contributed by atoms with Gasteiger partial charge in [0.05, 0.1) is 11.1 Å². The number of rotatable bonds is 1. The lowest BCUT2D eigenvalue weighted by Gasteiger charge is -2.07. The maximum Gasteiger partial charge on any atom is 0.200 e. The average molecular weight is 193 g/mol. The first kappa shape index (κ1) is 7.94. The van der Waals surface area contributed by atoms with Gasteiger partial charge in [0.1, 0.15) is 12.2 Å². The van der Waals surface area contributed by atoms with Gasteiger partial charge < -0.3 is 14.9 Å². The third-order valence-corrected chi connectivity index (χ3v) is 2.92. The number of fused-ring (bicyclic) bond motifs is 5. The fourth-order valence-corrected chi connectivity index (χ4v) is 2.27. The second-order valence-electron chi connectivity index (χ2n) is 3.58. The summed E-state index contributed by atoms with van der Waals surface area (Å²) in [6, 6.07) is 0. The van der Waals surface area contributed by atoms with Crippen LogP contribution in [0.4, 0.5) is 0 Å². The molecule has 0 saturated heterocycles. The van der Waals surface area contributed by atoms with Crippen molar-refractivity contribution >= 4 is 0 Å². The molecule has 2 atom stereocenters. The number of ether oxygens (including phenoxy) is 1. The van der Waals surface area contributed by atoms with Crippen molar-refractivity contribution in [3.05, 3.63) is 23.3 Å². The first-order valence-corrected chi connectivity index (χ1v) is 4.72. The first-order chi connectivity index (χ1) is 6.74. The number of hydrogen-bond donors (Lipinski definition) is 2. The highest BCUT2D eigenvalue weighted by Crippen LogP contribution is 2.54. The van der Waals surface area contributed by atoms with E-state index in [9.17, 15) is 10.2 Å².